The predicted octanol–water partition coefficient (Wildman–Crippen LogP) is 1.90. The molecule has 0 spiro atoms. The zero-order valence-electron chi connectivity index (χ0n) is 11.6. The Balaban J connectivity index is 2.02. The lowest BCUT2D eigenvalue weighted by molar-refractivity contribution is 0.00568. The van der Waals surface area contributed by atoms with Crippen molar-refractivity contribution in [2.24, 2.45) is 0 Å². The van der Waals surface area contributed by atoms with E-state index in [0.29, 0.717) is 25.9 Å². The number of piperidine rings is 1. The van der Waals surface area contributed by atoms with Crippen molar-refractivity contribution in [2.45, 2.75) is 25.4 Å². The maximum atomic E-state index is 13.7. The molecule has 3 N–H and O–H groups in total. The van der Waals surface area contributed by atoms with Gasteiger partial charge in [-0.05, 0) is 38.0 Å². The Bertz CT molecular complexity index is 564. The van der Waals surface area contributed by atoms with Gasteiger partial charge in [0.05, 0.1) is 16.9 Å². The summed E-state index contributed by atoms with van der Waals surface area (Å²) in [5.74, 6) is -2.03. The van der Waals surface area contributed by atoms with Crippen LogP contribution in [0.15, 0.2) is 18.2 Å². The number of anilines is 1. The molecule has 1 aliphatic rings. The maximum Gasteiger partial charge on any atom is 0.335 e. The lowest BCUT2D eigenvalue weighted by Crippen LogP contribution is -2.46. The van der Waals surface area contributed by atoms with Gasteiger partial charge in [0.25, 0.3) is 0 Å². The first-order chi connectivity index (χ1) is 9.78. The standard InChI is InChI=1S/C14H17FN2O4/c1-14(21)4-6-17(7-5-14)13(20)16-11-3-2-9(12(18)19)8-10(11)15/h2-3,8,21H,4-7H2,1H3,(H,16,20)(H,18,19). The molecule has 0 aliphatic carbocycles. The molecular weight excluding hydrogens is 279 g/mol. The number of rotatable bonds is 2. The Morgan fingerprint density at radius 1 is 1.33 bits per heavy atom. The van der Waals surface area contributed by atoms with Gasteiger partial charge in [-0.15, -0.1) is 0 Å². The van der Waals surface area contributed by atoms with E-state index in [0.717, 1.165) is 6.07 Å². The molecule has 0 atom stereocenters. The van der Waals surface area contributed by atoms with Crippen LogP contribution >= 0.6 is 0 Å². The molecule has 0 aromatic heterocycles. The van der Waals surface area contributed by atoms with Gasteiger partial charge in [-0.1, -0.05) is 0 Å². The van der Waals surface area contributed by atoms with Crippen LogP contribution in [0.3, 0.4) is 0 Å². The zero-order valence-corrected chi connectivity index (χ0v) is 11.6. The number of carbonyl (C=O) groups is 2. The highest BCUT2D eigenvalue weighted by Gasteiger charge is 2.29. The first-order valence-corrected chi connectivity index (χ1v) is 6.60. The number of aromatic carboxylic acids is 1. The first kappa shape index (κ1) is 15.2. The van der Waals surface area contributed by atoms with Crippen molar-refractivity contribution in [3.8, 4) is 0 Å². The number of nitrogens with one attached hydrogen (secondary N) is 1. The van der Waals surface area contributed by atoms with Crippen molar-refractivity contribution in [1.82, 2.24) is 4.90 Å². The van der Waals surface area contributed by atoms with E-state index in [2.05, 4.69) is 5.32 Å². The summed E-state index contributed by atoms with van der Waals surface area (Å²) in [7, 11) is 0. The lowest BCUT2D eigenvalue weighted by Gasteiger charge is -2.35. The highest BCUT2D eigenvalue weighted by atomic mass is 19.1. The summed E-state index contributed by atoms with van der Waals surface area (Å²) in [6, 6.07) is 2.84. The normalized spacial score (nSPS) is 17.4. The molecule has 2 amide bonds. The Hall–Kier alpha value is -2.15. The summed E-state index contributed by atoms with van der Waals surface area (Å²) < 4.78 is 13.7. The molecule has 1 saturated heterocycles. The number of amides is 2. The molecule has 21 heavy (non-hydrogen) atoms. The molecule has 0 unspecified atom stereocenters. The number of carboxylic acids is 1. The molecule has 0 radical (unpaired) electrons. The first-order valence-electron chi connectivity index (χ1n) is 6.60. The summed E-state index contributed by atoms with van der Waals surface area (Å²) in [6.45, 7) is 2.48. The van der Waals surface area contributed by atoms with E-state index in [-0.39, 0.29) is 11.3 Å². The van der Waals surface area contributed by atoms with Crippen LogP contribution in [-0.2, 0) is 0 Å². The molecule has 0 saturated carbocycles. The fraction of sp³-hybridized carbons (Fsp3) is 0.429. The molecule has 1 aromatic carbocycles. The van der Waals surface area contributed by atoms with Gasteiger partial charge in [-0.2, -0.15) is 0 Å². The minimum Gasteiger partial charge on any atom is -0.478 e. The third-order valence-electron chi connectivity index (χ3n) is 3.59. The van der Waals surface area contributed by atoms with Crippen molar-refractivity contribution in [3.05, 3.63) is 29.6 Å². The summed E-state index contributed by atoms with van der Waals surface area (Å²) >= 11 is 0. The monoisotopic (exact) mass is 296 g/mol. The Kier molecular flexibility index (Phi) is 4.13. The van der Waals surface area contributed by atoms with Crippen molar-refractivity contribution in [1.29, 1.82) is 0 Å². The summed E-state index contributed by atoms with van der Waals surface area (Å²) in [4.78, 5) is 24.2. The van der Waals surface area contributed by atoms with Gasteiger partial charge in [-0.3, -0.25) is 0 Å². The van der Waals surface area contributed by atoms with Gasteiger partial charge in [0.15, 0.2) is 0 Å². The van der Waals surface area contributed by atoms with Gasteiger partial charge in [-0.25, -0.2) is 14.0 Å². The number of halogens is 1. The van der Waals surface area contributed by atoms with E-state index < -0.39 is 23.4 Å². The van der Waals surface area contributed by atoms with Crippen LogP contribution < -0.4 is 5.32 Å². The van der Waals surface area contributed by atoms with Gasteiger partial charge >= 0.3 is 12.0 Å². The van der Waals surface area contributed by atoms with Crippen molar-refractivity contribution < 1.29 is 24.2 Å². The average molecular weight is 296 g/mol. The number of carboxylic acid groups (broad SMARTS) is 1. The Labute approximate surface area is 121 Å². The fourth-order valence-corrected chi connectivity index (χ4v) is 2.14. The van der Waals surface area contributed by atoms with Crippen LogP contribution in [0.2, 0.25) is 0 Å². The van der Waals surface area contributed by atoms with Gasteiger partial charge in [0.1, 0.15) is 5.82 Å². The second kappa shape index (κ2) is 5.69. The van der Waals surface area contributed by atoms with E-state index in [1.54, 1.807) is 6.92 Å². The summed E-state index contributed by atoms with van der Waals surface area (Å²) in [6.07, 6.45) is 0.918. The van der Waals surface area contributed by atoms with Crippen molar-refractivity contribution in [3.63, 3.8) is 0 Å². The Morgan fingerprint density at radius 2 is 1.95 bits per heavy atom. The molecule has 1 fully saturated rings. The van der Waals surface area contributed by atoms with Crippen LogP contribution in [0.4, 0.5) is 14.9 Å². The third-order valence-corrected chi connectivity index (χ3v) is 3.59. The average Bonchev–Trinajstić information content (AvgIpc) is 2.40. The second-order valence-electron chi connectivity index (χ2n) is 5.41. The van der Waals surface area contributed by atoms with Crippen molar-refractivity contribution in [2.75, 3.05) is 18.4 Å². The molecule has 114 valence electrons. The molecule has 1 heterocycles. The van der Waals surface area contributed by atoms with E-state index in [1.807, 2.05) is 0 Å². The SMILES string of the molecule is CC1(O)CCN(C(=O)Nc2ccc(C(=O)O)cc2F)CC1. The highest BCUT2D eigenvalue weighted by molar-refractivity contribution is 5.91. The van der Waals surface area contributed by atoms with Crippen LogP contribution in [-0.4, -0.2) is 45.8 Å². The maximum absolute atomic E-state index is 13.7. The number of likely N-dealkylation sites (tertiary alicyclic amines) is 1. The number of nitrogens with zero attached hydrogens (tertiary/aromatic N) is 1. The number of hydrogen-bond donors (Lipinski definition) is 3. The molecular formula is C14H17FN2O4. The summed E-state index contributed by atoms with van der Waals surface area (Å²) in [5, 5.41) is 21.0. The van der Waals surface area contributed by atoms with Crippen LogP contribution in [0.5, 0.6) is 0 Å². The van der Waals surface area contributed by atoms with Crippen LogP contribution in [0, 0.1) is 5.82 Å². The van der Waals surface area contributed by atoms with Crippen LogP contribution in [0.25, 0.3) is 0 Å². The van der Waals surface area contributed by atoms with E-state index in [1.165, 1.54) is 17.0 Å². The minimum absolute atomic E-state index is 0.0673. The number of carbonyl (C=O) groups excluding carboxylic acids is 1. The molecule has 0 bridgehead atoms. The van der Waals surface area contributed by atoms with E-state index in [4.69, 9.17) is 5.11 Å². The van der Waals surface area contributed by atoms with E-state index >= 15 is 0 Å². The van der Waals surface area contributed by atoms with E-state index in [9.17, 15) is 19.1 Å². The van der Waals surface area contributed by atoms with Crippen LogP contribution in [0.1, 0.15) is 30.1 Å². The predicted molar refractivity (Wildman–Crippen MR) is 73.8 cm³/mol. The molecule has 7 heteroatoms. The minimum atomic E-state index is -1.23. The zero-order chi connectivity index (χ0) is 15.6. The molecule has 6 nitrogen and oxygen atoms in total. The van der Waals surface area contributed by atoms with Gasteiger partial charge in [0, 0.05) is 13.1 Å². The number of benzene rings is 1. The number of urea groups is 1. The smallest absolute Gasteiger partial charge is 0.335 e. The highest BCUT2D eigenvalue weighted by Crippen LogP contribution is 2.22. The van der Waals surface area contributed by atoms with Gasteiger partial charge in [0.2, 0.25) is 0 Å². The molecule has 1 aliphatic heterocycles. The van der Waals surface area contributed by atoms with Gasteiger partial charge < -0.3 is 20.4 Å². The topological polar surface area (TPSA) is 89.9 Å². The fourth-order valence-electron chi connectivity index (χ4n) is 2.14. The number of hydrogen-bond acceptors (Lipinski definition) is 3. The van der Waals surface area contributed by atoms with Crippen molar-refractivity contribution >= 4 is 17.7 Å². The lowest BCUT2D eigenvalue weighted by atomic mass is 9.94. The molecule has 1 aromatic rings. The second-order valence-corrected chi connectivity index (χ2v) is 5.41. The quantitative estimate of drug-likeness (QED) is 0.777. The summed E-state index contributed by atoms with van der Waals surface area (Å²) in [5.41, 5.74) is -1.02. The molecule has 2 rings (SSSR count). The Morgan fingerprint density at radius 3 is 2.48 bits per heavy atom. The third kappa shape index (κ3) is 3.69. The largest absolute Gasteiger partial charge is 0.478 e. The number of aliphatic hydroxyl groups is 1.